The predicted octanol–water partition coefficient (Wildman–Crippen LogP) is 4.43. The molecule has 1 atom stereocenters. The number of benzene rings is 1. The normalized spacial score (nSPS) is 12.7. The molecular formula is C16H20FNS. The van der Waals surface area contributed by atoms with Crippen molar-refractivity contribution in [2.75, 3.05) is 7.05 Å². The minimum absolute atomic E-state index is 0.0999. The van der Waals surface area contributed by atoms with Crippen molar-refractivity contribution in [2.45, 2.75) is 33.7 Å². The SMILES string of the molecule is CNC(c1cc(C)c(F)c(C)c1)c1cc(C)c(C)s1. The van der Waals surface area contributed by atoms with Gasteiger partial charge in [-0.2, -0.15) is 0 Å². The highest BCUT2D eigenvalue weighted by molar-refractivity contribution is 7.12. The van der Waals surface area contributed by atoms with Gasteiger partial charge >= 0.3 is 0 Å². The summed E-state index contributed by atoms with van der Waals surface area (Å²) in [5.41, 5.74) is 3.86. The third-order valence-electron chi connectivity index (χ3n) is 3.55. The molecule has 1 heterocycles. The molecule has 1 nitrogen and oxygen atoms in total. The van der Waals surface area contributed by atoms with E-state index < -0.39 is 0 Å². The minimum Gasteiger partial charge on any atom is -0.309 e. The van der Waals surface area contributed by atoms with Gasteiger partial charge in [-0.1, -0.05) is 12.1 Å². The van der Waals surface area contributed by atoms with E-state index in [1.165, 1.54) is 15.3 Å². The molecule has 19 heavy (non-hydrogen) atoms. The standard InChI is InChI=1S/C16H20FNS/c1-9-8-14(19-12(9)4)16(18-5)13-6-10(2)15(17)11(3)7-13/h6-8,16,18H,1-5H3. The van der Waals surface area contributed by atoms with E-state index in [4.69, 9.17) is 0 Å². The van der Waals surface area contributed by atoms with E-state index >= 15 is 0 Å². The van der Waals surface area contributed by atoms with E-state index in [0.29, 0.717) is 11.1 Å². The Hall–Kier alpha value is -1.19. The molecule has 102 valence electrons. The maximum Gasteiger partial charge on any atom is 0.129 e. The molecule has 0 spiro atoms. The first kappa shape index (κ1) is 14.2. The summed E-state index contributed by atoms with van der Waals surface area (Å²) >= 11 is 1.80. The van der Waals surface area contributed by atoms with Gasteiger partial charge in [-0.3, -0.25) is 0 Å². The first-order chi connectivity index (χ1) is 8.93. The Kier molecular flexibility index (Phi) is 4.07. The molecule has 2 rings (SSSR count). The van der Waals surface area contributed by atoms with Crippen molar-refractivity contribution >= 4 is 11.3 Å². The van der Waals surface area contributed by atoms with Gasteiger partial charge in [-0.05, 0) is 63.1 Å². The largest absolute Gasteiger partial charge is 0.309 e. The van der Waals surface area contributed by atoms with Gasteiger partial charge in [0.05, 0.1) is 6.04 Å². The van der Waals surface area contributed by atoms with E-state index in [2.05, 4.69) is 25.2 Å². The fraction of sp³-hybridized carbons (Fsp3) is 0.375. The van der Waals surface area contributed by atoms with Crippen molar-refractivity contribution in [3.8, 4) is 0 Å². The van der Waals surface area contributed by atoms with Crippen molar-refractivity contribution in [1.29, 1.82) is 0 Å². The number of aryl methyl sites for hydroxylation is 4. The van der Waals surface area contributed by atoms with Crippen LogP contribution in [0.5, 0.6) is 0 Å². The third kappa shape index (κ3) is 2.72. The zero-order chi connectivity index (χ0) is 14.2. The molecule has 1 unspecified atom stereocenters. The van der Waals surface area contributed by atoms with E-state index in [-0.39, 0.29) is 11.9 Å². The molecule has 0 aliphatic heterocycles. The molecule has 0 radical (unpaired) electrons. The lowest BCUT2D eigenvalue weighted by molar-refractivity contribution is 0.605. The molecule has 0 aliphatic carbocycles. The lowest BCUT2D eigenvalue weighted by atomic mass is 9.99. The fourth-order valence-electron chi connectivity index (χ4n) is 2.36. The van der Waals surface area contributed by atoms with Crippen LogP contribution < -0.4 is 5.32 Å². The summed E-state index contributed by atoms with van der Waals surface area (Å²) in [6, 6.07) is 6.23. The zero-order valence-corrected chi connectivity index (χ0v) is 12.9. The predicted molar refractivity (Wildman–Crippen MR) is 80.6 cm³/mol. The fourth-order valence-corrected chi connectivity index (χ4v) is 3.54. The quantitative estimate of drug-likeness (QED) is 0.875. The topological polar surface area (TPSA) is 12.0 Å². The van der Waals surface area contributed by atoms with Crippen LogP contribution in [0.4, 0.5) is 4.39 Å². The number of hydrogen-bond donors (Lipinski definition) is 1. The molecule has 3 heteroatoms. The summed E-state index contributed by atoms with van der Waals surface area (Å²) in [7, 11) is 1.95. The maximum absolute atomic E-state index is 13.7. The van der Waals surface area contributed by atoms with Crippen LogP contribution in [0.2, 0.25) is 0 Å². The molecule has 1 aromatic carbocycles. The summed E-state index contributed by atoms with van der Waals surface area (Å²) in [6.07, 6.45) is 0. The Morgan fingerprint density at radius 1 is 1.00 bits per heavy atom. The smallest absolute Gasteiger partial charge is 0.129 e. The molecule has 0 saturated carbocycles. The van der Waals surface area contributed by atoms with E-state index in [0.717, 1.165) is 5.56 Å². The van der Waals surface area contributed by atoms with Crippen molar-refractivity contribution in [1.82, 2.24) is 5.32 Å². The number of hydrogen-bond acceptors (Lipinski definition) is 2. The Morgan fingerprint density at radius 3 is 2.00 bits per heavy atom. The molecule has 2 aromatic rings. The van der Waals surface area contributed by atoms with Gasteiger partial charge in [-0.15, -0.1) is 11.3 Å². The maximum atomic E-state index is 13.7. The average Bonchev–Trinajstić information content (AvgIpc) is 2.67. The van der Waals surface area contributed by atoms with Gasteiger partial charge in [0.15, 0.2) is 0 Å². The highest BCUT2D eigenvalue weighted by atomic mass is 32.1. The Balaban J connectivity index is 2.48. The Bertz CT molecular complexity index is 558. The summed E-state index contributed by atoms with van der Waals surface area (Å²) in [4.78, 5) is 2.62. The van der Waals surface area contributed by atoms with Crippen molar-refractivity contribution in [3.63, 3.8) is 0 Å². The van der Waals surface area contributed by atoms with E-state index in [1.807, 2.05) is 33.0 Å². The first-order valence-corrected chi connectivity index (χ1v) is 7.26. The first-order valence-electron chi connectivity index (χ1n) is 6.45. The molecule has 0 aliphatic rings. The lowest BCUT2D eigenvalue weighted by Crippen LogP contribution is -2.17. The molecule has 1 aromatic heterocycles. The average molecular weight is 277 g/mol. The van der Waals surface area contributed by atoms with Crippen molar-refractivity contribution < 1.29 is 4.39 Å². The molecule has 0 amide bonds. The van der Waals surface area contributed by atoms with Gasteiger partial charge in [-0.25, -0.2) is 4.39 Å². The number of halogens is 1. The molecule has 0 fully saturated rings. The second-order valence-electron chi connectivity index (χ2n) is 5.08. The van der Waals surface area contributed by atoms with Gasteiger partial charge in [0.25, 0.3) is 0 Å². The van der Waals surface area contributed by atoms with Crippen LogP contribution in [0.1, 0.15) is 38.0 Å². The monoisotopic (exact) mass is 277 g/mol. The van der Waals surface area contributed by atoms with Crippen LogP contribution in [-0.4, -0.2) is 7.05 Å². The Labute approximate surface area is 118 Å². The van der Waals surface area contributed by atoms with Gasteiger partial charge in [0.1, 0.15) is 5.82 Å². The minimum atomic E-state index is -0.0999. The van der Waals surface area contributed by atoms with Gasteiger partial charge in [0.2, 0.25) is 0 Å². The molecule has 0 bridgehead atoms. The van der Waals surface area contributed by atoms with Crippen LogP contribution in [0.15, 0.2) is 18.2 Å². The summed E-state index contributed by atoms with van der Waals surface area (Å²) in [5, 5.41) is 3.34. The van der Waals surface area contributed by atoms with Crippen LogP contribution in [0.3, 0.4) is 0 Å². The van der Waals surface area contributed by atoms with Crippen LogP contribution >= 0.6 is 11.3 Å². The highest BCUT2D eigenvalue weighted by Crippen LogP contribution is 2.31. The number of rotatable bonds is 3. The summed E-state index contributed by atoms with van der Waals surface area (Å²) in [6.45, 7) is 7.91. The number of nitrogens with one attached hydrogen (secondary N) is 1. The van der Waals surface area contributed by atoms with Crippen molar-refractivity contribution in [2.24, 2.45) is 0 Å². The van der Waals surface area contributed by atoms with E-state index in [1.54, 1.807) is 11.3 Å². The summed E-state index contributed by atoms with van der Waals surface area (Å²) < 4.78 is 13.7. The van der Waals surface area contributed by atoms with Crippen LogP contribution in [0.25, 0.3) is 0 Å². The molecular weight excluding hydrogens is 257 g/mol. The molecule has 0 saturated heterocycles. The van der Waals surface area contributed by atoms with Crippen molar-refractivity contribution in [3.05, 3.63) is 56.0 Å². The lowest BCUT2D eigenvalue weighted by Gasteiger charge is -2.17. The third-order valence-corrected chi connectivity index (χ3v) is 4.77. The number of thiophene rings is 1. The second-order valence-corrected chi connectivity index (χ2v) is 6.37. The van der Waals surface area contributed by atoms with Gasteiger partial charge < -0.3 is 5.32 Å². The molecule has 1 N–H and O–H groups in total. The van der Waals surface area contributed by atoms with Gasteiger partial charge in [0, 0.05) is 9.75 Å². The highest BCUT2D eigenvalue weighted by Gasteiger charge is 2.17. The summed E-state index contributed by atoms with van der Waals surface area (Å²) in [5.74, 6) is -0.0999. The Morgan fingerprint density at radius 2 is 1.58 bits per heavy atom. The van der Waals surface area contributed by atoms with Crippen LogP contribution in [0, 0.1) is 33.5 Å². The second kappa shape index (κ2) is 5.43. The zero-order valence-electron chi connectivity index (χ0n) is 12.1. The van der Waals surface area contributed by atoms with E-state index in [9.17, 15) is 4.39 Å². The van der Waals surface area contributed by atoms with Crippen LogP contribution in [-0.2, 0) is 0 Å².